The molecule has 0 aromatic carbocycles. The van der Waals surface area contributed by atoms with Crippen LogP contribution in [0.4, 0.5) is 5.82 Å². The number of ketones is 1. The molecule has 3 N–H and O–H groups in total. The molecule has 1 unspecified atom stereocenters. The number of amides is 2. The van der Waals surface area contributed by atoms with Crippen LogP contribution in [0.2, 0.25) is 0 Å². The molecular formula is C26H25N9O3S. The lowest BCUT2D eigenvalue weighted by atomic mass is 9.91. The van der Waals surface area contributed by atoms with Gasteiger partial charge in [-0.15, -0.1) is 11.3 Å². The van der Waals surface area contributed by atoms with Gasteiger partial charge in [-0.25, -0.2) is 24.1 Å². The van der Waals surface area contributed by atoms with Crippen molar-refractivity contribution < 1.29 is 14.4 Å². The number of fused-ring (bicyclic) bond motifs is 2. The van der Waals surface area contributed by atoms with Crippen molar-refractivity contribution in [2.24, 2.45) is 17.6 Å². The number of carbonyl (C=O) groups is 3. The summed E-state index contributed by atoms with van der Waals surface area (Å²) in [5.74, 6) is -1.55. The fourth-order valence-corrected chi connectivity index (χ4v) is 6.14. The fourth-order valence-electron chi connectivity index (χ4n) is 5.11. The Labute approximate surface area is 226 Å². The molecule has 5 aromatic heterocycles. The number of nitrogens with two attached hydrogens (primary N) is 1. The summed E-state index contributed by atoms with van der Waals surface area (Å²) in [5, 5.41) is 12.2. The van der Waals surface area contributed by atoms with Crippen molar-refractivity contribution in [1.82, 2.24) is 34.3 Å². The van der Waals surface area contributed by atoms with Crippen LogP contribution in [-0.4, -0.2) is 51.9 Å². The van der Waals surface area contributed by atoms with Crippen LogP contribution in [0.15, 0.2) is 36.7 Å². The summed E-state index contributed by atoms with van der Waals surface area (Å²) in [5.41, 5.74) is 9.09. The molecule has 2 amide bonds. The van der Waals surface area contributed by atoms with Crippen LogP contribution < -0.4 is 11.1 Å². The highest BCUT2D eigenvalue weighted by Crippen LogP contribution is 2.35. The number of rotatable bonds is 7. The molecule has 1 saturated carbocycles. The second-order valence-corrected chi connectivity index (χ2v) is 10.7. The van der Waals surface area contributed by atoms with Crippen molar-refractivity contribution in [3.8, 4) is 10.6 Å². The van der Waals surface area contributed by atoms with E-state index in [1.165, 1.54) is 16.0 Å². The zero-order valence-electron chi connectivity index (χ0n) is 21.3. The lowest BCUT2D eigenvalue weighted by Gasteiger charge is -2.18. The van der Waals surface area contributed by atoms with Crippen LogP contribution in [0.5, 0.6) is 0 Å². The van der Waals surface area contributed by atoms with E-state index < -0.39 is 17.7 Å². The van der Waals surface area contributed by atoms with E-state index in [1.807, 2.05) is 38.2 Å². The van der Waals surface area contributed by atoms with Gasteiger partial charge in [0.05, 0.1) is 5.69 Å². The second-order valence-electron chi connectivity index (χ2n) is 9.74. The number of hydrogen-bond donors (Lipinski definition) is 2. The number of Topliss-reactive ketones (excluding diaryl/α,β-unsaturated/α-hetero) is 1. The van der Waals surface area contributed by atoms with E-state index in [-0.39, 0.29) is 23.9 Å². The molecule has 5 heterocycles. The Balaban J connectivity index is 1.27. The van der Waals surface area contributed by atoms with Crippen molar-refractivity contribution >= 4 is 50.7 Å². The van der Waals surface area contributed by atoms with E-state index in [0.717, 1.165) is 17.8 Å². The highest BCUT2D eigenvalue weighted by Gasteiger charge is 2.38. The van der Waals surface area contributed by atoms with E-state index in [9.17, 15) is 14.4 Å². The number of pyridine rings is 1. The summed E-state index contributed by atoms with van der Waals surface area (Å²) in [6.07, 6.45) is 5.47. The standard InChI is InChI=1S/C26H25N9O3S/c1-13-5-3-8-19(29-13)30-25(38)17-7-4-6-16(17)18(36)12-35-24-22(21(33-35)23(27)37)39-26(31-24)15-10-28-20-9-14(2)32-34(20)11-15/h3,5,8-11,16-17H,4,6-7,12H2,1-2H3,(H2,27,37)(H,29,30,38)/t16?,17-/m1/s1. The first-order valence-corrected chi connectivity index (χ1v) is 13.4. The van der Waals surface area contributed by atoms with Gasteiger partial charge in [-0.3, -0.25) is 14.4 Å². The molecular weight excluding hydrogens is 518 g/mol. The van der Waals surface area contributed by atoms with Crippen LogP contribution >= 0.6 is 11.3 Å². The van der Waals surface area contributed by atoms with Gasteiger partial charge in [0, 0.05) is 41.6 Å². The number of nitrogens with one attached hydrogen (secondary N) is 1. The Morgan fingerprint density at radius 3 is 2.72 bits per heavy atom. The summed E-state index contributed by atoms with van der Waals surface area (Å²) in [7, 11) is 0. The summed E-state index contributed by atoms with van der Waals surface area (Å²) in [4.78, 5) is 52.1. The third-order valence-electron chi connectivity index (χ3n) is 6.92. The molecule has 198 valence electrons. The Bertz CT molecular complexity index is 1770. The van der Waals surface area contributed by atoms with Crippen molar-refractivity contribution in [2.45, 2.75) is 39.7 Å². The Hall–Kier alpha value is -4.52. The maximum absolute atomic E-state index is 13.5. The van der Waals surface area contributed by atoms with Crippen LogP contribution in [0.25, 0.3) is 26.6 Å². The van der Waals surface area contributed by atoms with Gasteiger partial charge >= 0.3 is 0 Å². The fraction of sp³-hybridized carbons (Fsp3) is 0.308. The van der Waals surface area contributed by atoms with Gasteiger partial charge in [0.1, 0.15) is 22.1 Å². The van der Waals surface area contributed by atoms with Gasteiger partial charge in [-0.2, -0.15) is 10.2 Å². The lowest BCUT2D eigenvalue weighted by Crippen LogP contribution is -2.32. The number of primary amides is 1. The predicted octanol–water partition coefficient (Wildman–Crippen LogP) is 2.94. The third-order valence-corrected chi connectivity index (χ3v) is 8.02. The zero-order chi connectivity index (χ0) is 27.3. The minimum atomic E-state index is -0.707. The maximum atomic E-state index is 13.5. The molecule has 6 rings (SSSR count). The number of anilines is 1. The first-order valence-electron chi connectivity index (χ1n) is 12.5. The van der Waals surface area contributed by atoms with E-state index >= 15 is 0 Å². The molecule has 1 aliphatic carbocycles. The van der Waals surface area contributed by atoms with E-state index in [1.54, 1.807) is 16.8 Å². The number of hydrogen-bond acceptors (Lipinski definition) is 9. The van der Waals surface area contributed by atoms with Gasteiger partial charge in [-0.05, 0) is 38.8 Å². The normalized spacial score (nSPS) is 17.2. The molecule has 2 atom stereocenters. The minimum absolute atomic E-state index is 0.0526. The van der Waals surface area contributed by atoms with Crippen LogP contribution in [0.1, 0.15) is 41.1 Å². The average Bonchev–Trinajstić information content (AvgIpc) is 3.66. The molecule has 1 aliphatic rings. The summed E-state index contributed by atoms with van der Waals surface area (Å²) >= 11 is 1.25. The van der Waals surface area contributed by atoms with Crippen molar-refractivity contribution in [2.75, 3.05) is 5.32 Å². The molecule has 0 spiro atoms. The summed E-state index contributed by atoms with van der Waals surface area (Å²) in [6.45, 7) is 3.61. The highest BCUT2D eigenvalue weighted by molar-refractivity contribution is 7.22. The van der Waals surface area contributed by atoms with Crippen LogP contribution in [-0.2, 0) is 16.1 Å². The molecule has 0 saturated heterocycles. The zero-order valence-corrected chi connectivity index (χ0v) is 22.1. The van der Waals surface area contributed by atoms with Crippen LogP contribution in [0, 0.1) is 25.7 Å². The maximum Gasteiger partial charge on any atom is 0.270 e. The molecule has 0 bridgehead atoms. The number of aryl methyl sites for hydroxylation is 2. The van der Waals surface area contributed by atoms with Gasteiger partial charge in [0.25, 0.3) is 5.91 Å². The molecule has 13 heteroatoms. The monoisotopic (exact) mass is 543 g/mol. The Morgan fingerprint density at radius 1 is 1.10 bits per heavy atom. The topological polar surface area (TPSA) is 163 Å². The number of aromatic nitrogens is 7. The summed E-state index contributed by atoms with van der Waals surface area (Å²) in [6, 6.07) is 7.26. The van der Waals surface area contributed by atoms with Crippen molar-refractivity contribution in [3.63, 3.8) is 0 Å². The highest BCUT2D eigenvalue weighted by atomic mass is 32.1. The predicted molar refractivity (Wildman–Crippen MR) is 144 cm³/mol. The number of thiazole rings is 1. The minimum Gasteiger partial charge on any atom is -0.364 e. The molecule has 0 aliphatic heterocycles. The van der Waals surface area contributed by atoms with Gasteiger partial charge in [-0.1, -0.05) is 12.5 Å². The quantitative estimate of drug-likeness (QED) is 0.316. The molecule has 12 nitrogen and oxygen atoms in total. The lowest BCUT2D eigenvalue weighted by molar-refractivity contribution is -0.130. The number of nitrogens with zero attached hydrogens (tertiary/aromatic N) is 7. The van der Waals surface area contributed by atoms with E-state index in [2.05, 4.69) is 30.5 Å². The van der Waals surface area contributed by atoms with Gasteiger partial charge in [0.2, 0.25) is 5.91 Å². The van der Waals surface area contributed by atoms with E-state index in [4.69, 9.17) is 5.73 Å². The molecule has 5 aromatic rings. The molecule has 0 radical (unpaired) electrons. The summed E-state index contributed by atoms with van der Waals surface area (Å²) < 4.78 is 3.57. The Morgan fingerprint density at radius 2 is 1.92 bits per heavy atom. The third kappa shape index (κ3) is 4.65. The van der Waals surface area contributed by atoms with E-state index in [0.29, 0.717) is 45.2 Å². The first-order chi connectivity index (χ1) is 18.8. The Kier molecular flexibility index (Phi) is 6.14. The second kappa shape index (κ2) is 9.66. The number of carbonyl (C=O) groups excluding carboxylic acids is 3. The first kappa shape index (κ1) is 24.8. The van der Waals surface area contributed by atoms with Crippen molar-refractivity contribution in [3.05, 3.63) is 53.7 Å². The van der Waals surface area contributed by atoms with Crippen molar-refractivity contribution in [1.29, 1.82) is 0 Å². The largest absolute Gasteiger partial charge is 0.364 e. The van der Waals surface area contributed by atoms with Gasteiger partial charge in [0.15, 0.2) is 22.8 Å². The smallest absolute Gasteiger partial charge is 0.270 e. The SMILES string of the molecule is Cc1cccc(NC(=O)[C@@H]2CCCC2C(=O)Cn2nc(C(N)=O)c3sc(-c4cnc5cc(C)nn5c4)nc32)n1. The average molecular weight is 544 g/mol. The van der Waals surface area contributed by atoms with Crippen LogP contribution in [0.3, 0.4) is 0 Å². The van der Waals surface area contributed by atoms with Gasteiger partial charge < -0.3 is 11.1 Å². The molecule has 39 heavy (non-hydrogen) atoms. The molecule has 1 fully saturated rings.